The van der Waals surface area contributed by atoms with Gasteiger partial charge >= 0.3 is 6.03 Å². The zero-order valence-corrected chi connectivity index (χ0v) is 18.2. The number of urea groups is 1. The van der Waals surface area contributed by atoms with E-state index in [0.29, 0.717) is 10.6 Å². The number of fused-ring (bicyclic) bond motifs is 1. The van der Waals surface area contributed by atoms with E-state index in [4.69, 9.17) is 0 Å². The van der Waals surface area contributed by atoms with Crippen molar-refractivity contribution >= 4 is 51.2 Å². The van der Waals surface area contributed by atoms with Crippen LogP contribution in [-0.2, 0) is 15.1 Å². The lowest BCUT2D eigenvalue weighted by molar-refractivity contribution is -0.138. The van der Waals surface area contributed by atoms with Gasteiger partial charge in [0, 0.05) is 10.3 Å². The number of benzene rings is 1. The van der Waals surface area contributed by atoms with Crippen molar-refractivity contribution in [3.05, 3.63) is 52.7 Å². The highest BCUT2D eigenvalue weighted by atomic mass is 32.2. The second-order valence-corrected chi connectivity index (χ2v) is 9.19. The van der Waals surface area contributed by atoms with Gasteiger partial charge in [0.2, 0.25) is 5.91 Å². The number of aromatic nitrogens is 2. The van der Waals surface area contributed by atoms with E-state index >= 15 is 0 Å². The zero-order chi connectivity index (χ0) is 21.5. The molecule has 154 valence electrons. The summed E-state index contributed by atoms with van der Waals surface area (Å²) in [5, 5.41) is 5.03. The van der Waals surface area contributed by atoms with Crippen LogP contribution in [0.4, 0.5) is 4.79 Å². The molecule has 3 heterocycles. The molecule has 0 spiro atoms. The molecule has 0 aliphatic carbocycles. The molecule has 4 rings (SSSR count). The summed E-state index contributed by atoms with van der Waals surface area (Å²) in [6.45, 7) is 5.63. The van der Waals surface area contributed by atoms with Crippen molar-refractivity contribution in [3.63, 3.8) is 0 Å². The van der Waals surface area contributed by atoms with Crippen LogP contribution >= 0.6 is 23.1 Å². The molecule has 4 amide bonds. The number of rotatable bonds is 5. The number of hydrazine groups is 1. The Morgan fingerprint density at radius 1 is 1.23 bits per heavy atom. The highest BCUT2D eigenvalue weighted by molar-refractivity contribution is 8.00. The molecular formula is C20H19N5O3S2. The van der Waals surface area contributed by atoms with E-state index < -0.39 is 23.4 Å². The first-order valence-corrected chi connectivity index (χ1v) is 11.0. The number of amides is 4. The second kappa shape index (κ2) is 7.69. The summed E-state index contributed by atoms with van der Waals surface area (Å²) in [6, 6.07) is 8.24. The summed E-state index contributed by atoms with van der Waals surface area (Å²) in [7, 11) is 0. The topological polar surface area (TPSA) is 104 Å². The zero-order valence-electron chi connectivity index (χ0n) is 16.6. The molecule has 1 aromatic carbocycles. The van der Waals surface area contributed by atoms with Crippen molar-refractivity contribution in [1.82, 2.24) is 25.7 Å². The number of hydrogen-bond donors (Lipinski definition) is 2. The predicted molar refractivity (Wildman–Crippen MR) is 115 cm³/mol. The number of thiophene rings is 1. The van der Waals surface area contributed by atoms with Gasteiger partial charge in [0.25, 0.3) is 5.91 Å². The molecule has 30 heavy (non-hydrogen) atoms. The van der Waals surface area contributed by atoms with Crippen LogP contribution in [0.5, 0.6) is 0 Å². The first-order chi connectivity index (χ1) is 14.3. The molecule has 8 nitrogen and oxygen atoms in total. The summed E-state index contributed by atoms with van der Waals surface area (Å²) in [4.78, 5) is 48.3. The van der Waals surface area contributed by atoms with Gasteiger partial charge in [-0.05, 0) is 31.9 Å². The Morgan fingerprint density at radius 3 is 2.70 bits per heavy atom. The Balaban J connectivity index is 1.46. The smallest absolute Gasteiger partial charge is 0.318 e. The third kappa shape index (κ3) is 3.41. The molecule has 0 bridgehead atoms. The summed E-state index contributed by atoms with van der Waals surface area (Å²) in [5.41, 5.74) is 2.91. The summed E-state index contributed by atoms with van der Waals surface area (Å²) < 4.78 is 0. The minimum atomic E-state index is -1.23. The number of nitrogens with zero attached hydrogens (tertiary/aromatic N) is 3. The lowest BCUT2D eigenvalue weighted by Crippen LogP contribution is -2.48. The normalized spacial score (nSPS) is 18.7. The lowest BCUT2D eigenvalue weighted by atomic mass is 9.92. The molecule has 3 aromatic rings. The fourth-order valence-corrected chi connectivity index (χ4v) is 5.17. The molecule has 10 heteroatoms. The van der Waals surface area contributed by atoms with Gasteiger partial charge in [-0.1, -0.05) is 42.1 Å². The molecule has 0 saturated carbocycles. The predicted octanol–water partition coefficient (Wildman–Crippen LogP) is 2.90. The molecular weight excluding hydrogens is 422 g/mol. The standard InChI is InChI=1S/C20H19N5O3S2/c1-11-12(2)30-17-15(11)16(21-10-22-17)29-9-14(26)24-25-18(27)20(3,23-19(25)28)13-7-5-4-6-8-13/h4-8,10H,9H2,1-3H3,(H,23,28)(H,24,26). The van der Waals surface area contributed by atoms with Gasteiger partial charge in [0.15, 0.2) is 0 Å². The summed E-state index contributed by atoms with van der Waals surface area (Å²) >= 11 is 2.82. The Hall–Kier alpha value is -2.98. The molecule has 0 radical (unpaired) electrons. The van der Waals surface area contributed by atoms with Gasteiger partial charge in [-0.2, -0.15) is 5.01 Å². The van der Waals surface area contributed by atoms with E-state index in [2.05, 4.69) is 20.7 Å². The molecule has 1 fully saturated rings. The molecule has 1 atom stereocenters. The van der Waals surface area contributed by atoms with Gasteiger partial charge in [-0.25, -0.2) is 14.8 Å². The van der Waals surface area contributed by atoms with Crippen LogP contribution in [0.3, 0.4) is 0 Å². The fraction of sp³-hybridized carbons (Fsp3) is 0.250. The first kappa shape index (κ1) is 20.3. The van der Waals surface area contributed by atoms with Crippen molar-refractivity contribution in [3.8, 4) is 0 Å². The second-order valence-electron chi connectivity index (χ2n) is 7.03. The number of carbonyl (C=O) groups is 3. The van der Waals surface area contributed by atoms with Crippen molar-refractivity contribution in [1.29, 1.82) is 0 Å². The van der Waals surface area contributed by atoms with Crippen molar-refractivity contribution in [2.45, 2.75) is 31.3 Å². The van der Waals surface area contributed by atoms with Crippen LogP contribution in [-0.4, -0.2) is 38.6 Å². The summed E-state index contributed by atoms with van der Waals surface area (Å²) in [6.07, 6.45) is 1.47. The van der Waals surface area contributed by atoms with E-state index in [-0.39, 0.29) is 5.75 Å². The van der Waals surface area contributed by atoms with Crippen molar-refractivity contribution in [2.75, 3.05) is 5.75 Å². The third-order valence-corrected chi connectivity index (χ3v) is 7.15. The van der Waals surface area contributed by atoms with Crippen LogP contribution in [0.1, 0.15) is 22.9 Å². The van der Waals surface area contributed by atoms with Crippen LogP contribution in [0.15, 0.2) is 41.7 Å². The van der Waals surface area contributed by atoms with E-state index in [0.717, 1.165) is 25.7 Å². The Morgan fingerprint density at radius 2 is 1.97 bits per heavy atom. The van der Waals surface area contributed by atoms with Crippen molar-refractivity contribution < 1.29 is 14.4 Å². The maximum Gasteiger partial charge on any atom is 0.344 e. The van der Waals surface area contributed by atoms with Gasteiger partial charge < -0.3 is 5.32 Å². The third-order valence-electron chi connectivity index (χ3n) is 5.05. The van der Waals surface area contributed by atoms with Crippen LogP contribution in [0.2, 0.25) is 0 Å². The first-order valence-electron chi connectivity index (χ1n) is 9.16. The number of carbonyl (C=O) groups excluding carboxylic acids is 3. The number of thioether (sulfide) groups is 1. The molecule has 1 aliphatic rings. The molecule has 1 unspecified atom stereocenters. The maximum absolute atomic E-state index is 12.9. The Bertz CT molecular complexity index is 1160. The largest absolute Gasteiger partial charge is 0.344 e. The van der Waals surface area contributed by atoms with Gasteiger partial charge in [-0.15, -0.1) is 11.3 Å². The van der Waals surface area contributed by atoms with E-state index in [1.54, 1.807) is 42.5 Å². The average Bonchev–Trinajstić information content (AvgIpc) is 3.15. The minimum absolute atomic E-state index is 0.000438. The van der Waals surface area contributed by atoms with E-state index in [9.17, 15) is 14.4 Å². The number of aryl methyl sites for hydroxylation is 2. The van der Waals surface area contributed by atoms with E-state index in [1.165, 1.54) is 18.1 Å². The average molecular weight is 442 g/mol. The fourth-order valence-electron chi connectivity index (χ4n) is 3.26. The molecule has 2 aromatic heterocycles. The SMILES string of the molecule is Cc1sc2ncnc(SCC(=O)NN3C(=O)NC(C)(c4ccccc4)C3=O)c2c1C. The number of nitrogens with one attached hydrogen (secondary N) is 2. The summed E-state index contributed by atoms with van der Waals surface area (Å²) in [5.74, 6) is -1.01. The lowest BCUT2D eigenvalue weighted by Gasteiger charge is -2.22. The van der Waals surface area contributed by atoms with Crippen molar-refractivity contribution in [2.24, 2.45) is 0 Å². The maximum atomic E-state index is 12.9. The molecule has 1 saturated heterocycles. The number of hydrogen-bond acceptors (Lipinski definition) is 7. The van der Waals surface area contributed by atoms with Gasteiger partial charge in [0.05, 0.1) is 5.75 Å². The molecule has 1 aliphatic heterocycles. The Labute approximate surface area is 181 Å². The van der Waals surface area contributed by atoms with E-state index in [1.807, 2.05) is 19.9 Å². The monoisotopic (exact) mass is 441 g/mol. The van der Waals surface area contributed by atoms with Crippen LogP contribution in [0, 0.1) is 13.8 Å². The number of imide groups is 1. The highest BCUT2D eigenvalue weighted by Gasteiger charge is 2.49. The van der Waals surface area contributed by atoms with Gasteiger partial charge in [-0.3, -0.25) is 15.0 Å². The quantitative estimate of drug-likeness (QED) is 0.358. The van der Waals surface area contributed by atoms with Gasteiger partial charge in [0.1, 0.15) is 21.7 Å². The molecule has 2 N–H and O–H groups in total. The Kier molecular flexibility index (Phi) is 5.20. The highest BCUT2D eigenvalue weighted by Crippen LogP contribution is 2.34. The minimum Gasteiger partial charge on any atom is -0.318 e. The van der Waals surface area contributed by atoms with Crippen LogP contribution in [0.25, 0.3) is 10.2 Å². The van der Waals surface area contributed by atoms with Crippen LogP contribution < -0.4 is 10.7 Å².